The van der Waals surface area contributed by atoms with E-state index in [0.717, 1.165) is 33.5 Å². The molecule has 0 fully saturated rings. The number of carbonyl (C=O) groups excluding carboxylic acids is 1. The van der Waals surface area contributed by atoms with Crippen molar-refractivity contribution in [3.63, 3.8) is 0 Å². The summed E-state index contributed by atoms with van der Waals surface area (Å²) in [6.45, 7) is 12.6. The molecule has 0 aliphatic rings. The van der Waals surface area contributed by atoms with Gasteiger partial charge < -0.3 is 10.6 Å². The molecule has 3 aromatic rings. The topological polar surface area (TPSA) is 64.9 Å². The number of allylic oxidation sites excluding steroid dienone is 4. The van der Waals surface area contributed by atoms with E-state index in [1.807, 2.05) is 97.9 Å². The van der Waals surface area contributed by atoms with Crippen molar-refractivity contribution in [3.8, 4) is 6.07 Å². The Morgan fingerprint density at radius 3 is 2.20 bits per heavy atom. The Labute approximate surface area is 208 Å². The van der Waals surface area contributed by atoms with Gasteiger partial charge in [0.1, 0.15) is 6.04 Å². The lowest BCUT2D eigenvalue weighted by molar-refractivity contribution is -0.118. The lowest BCUT2D eigenvalue weighted by Crippen LogP contribution is -2.35. The van der Waals surface area contributed by atoms with Crippen molar-refractivity contribution in [2.24, 2.45) is 0 Å². The van der Waals surface area contributed by atoms with Gasteiger partial charge in [-0.15, -0.1) is 0 Å². The monoisotopic (exact) mass is 461 g/mol. The number of nitrogens with zero attached hydrogens (tertiary/aromatic N) is 1. The normalized spacial score (nSPS) is 12.5. The van der Waals surface area contributed by atoms with Gasteiger partial charge in [-0.05, 0) is 59.4 Å². The highest BCUT2D eigenvalue weighted by atomic mass is 16.2. The van der Waals surface area contributed by atoms with E-state index in [2.05, 4.69) is 36.8 Å². The molecule has 2 unspecified atom stereocenters. The van der Waals surface area contributed by atoms with E-state index >= 15 is 0 Å². The van der Waals surface area contributed by atoms with Crippen molar-refractivity contribution in [3.05, 3.63) is 132 Å². The Hall–Kier alpha value is -4.20. The summed E-state index contributed by atoms with van der Waals surface area (Å²) in [5.74, 6) is 0.0382. The molecule has 4 nitrogen and oxygen atoms in total. The molecular weight excluding hydrogens is 430 g/mol. The number of benzene rings is 3. The van der Waals surface area contributed by atoms with Gasteiger partial charge in [-0.25, -0.2) is 0 Å². The minimum Gasteiger partial charge on any atom is -0.324 e. The minimum absolute atomic E-state index is 0.128. The smallest absolute Gasteiger partial charge is 0.246 e. The van der Waals surface area contributed by atoms with Crippen molar-refractivity contribution in [2.75, 3.05) is 11.9 Å². The Kier molecular flexibility index (Phi) is 8.95. The second-order valence-electron chi connectivity index (χ2n) is 8.66. The maximum Gasteiger partial charge on any atom is 0.246 e. The number of hydrogen-bond acceptors (Lipinski definition) is 3. The molecule has 2 atom stereocenters. The molecule has 0 saturated carbocycles. The van der Waals surface area contributed by atoms with Crippen molar-refractivity contribution < 1.29 is 4.79 Å². The second-order valence-corrected chi connectivity index (χ2v) is 8.66. The first-order chi connectivity index (χ1) is 16.9. The fourth-order valence-corrected chi connectivity index (χ4v) is 3.63. The summed E-state index contributed by atoms with van der Waals surface area (Å²) in [6, 6.07) is 26.5. The summed E-state index contributed by atoms with van der Waals surface area (Å²) >= 11 is 0. The molecule has 1 amide bonds. The molecule has 0 saturated heterocycles. The van der Waals surface area contributed by atoms with E-state index in [4.69, 9.17) is 5.26 Å². The Morgan fingerprint density at radius 2 is 1.60 bits per heavy atom. The summed E-state index contributed by atoms with van der Waals surface area (Å²) in [4.78, 5) is 13.3. The third-order valence-corrected chi connectivity index (χ3v) is 5.72. The highest BCUT2D eigenvalue weighted by Crippen LogP contribution is 2.22. The van der Waals surface area contributed by atoms with Crippen LogP contribution in [0.5, 0.6) is 0 Å². The predicted molar refractivity (Wildman–Crippen MR) is 145 cm³/mol. The Morgan fingerprint density at radius 1 is 0.943 bits per heavy atom. The number of anilines is 1. The Bertz CT molecular complexity index is 1230. The van der Waals surface area contributed by atoms with Gasteiger partial charge in [-0.3, -0.25) is 4.79 Å². The summed E-state index contributed by atoms with van der Waals surface area (Å²) < 4.78 is 0. The molecular formula is C31H31N3O. The quantitative estimate of drug-likeness (QED) is 0.327. The van der Waals surface area contributed by atoms with E-state index in [1.165, 1.54) is 0 Å². The second kappa shape index (κ2) is 12.3. The Balaban J connectivity index is 1.70. The first kappa shape index (κ1) is 25.4. The van der Waals surface area contributed by atoms with Crippen LogP contribution >= 0.6 is 0 Å². The van der Waals surface area contributed by atoms with Crippen molar-refractivity contribution >= 4 is 17.2 Å². The zero-order valence-corrected chi connectivity index (χ0v) is 20.3. The largest absolute Gasteiger partial charge is 0.324 e. The van der Waals surface area contributed by atoms with E-state index in [9.17, 15) is 4.79 Å². The number of carbonyl (C=O) groups is 1. The molecule has 2 N–H and O–H groups in total. The molecule has 0 radical (unpaired) electrons. The number of nitriles is 1. The van der Waals surface area contributed by atoms with Crippen molar-refractivity contribution in [1.82, 2.24) is 5.32 Å². The van der Waals surface area contributed by atoms with Gasteiger partial charge in [0, 0.05) is 12.2 Å². The lowest BCUT2D eigenvalue weighted by atomic mass is 9.98. The van der Waals surface area contributed by atoms with Crippen LogP contribution < -0.4 is 10.6 Å². The van der Waals surface area contributed by atoms with Crippen LogP contribution in [-0.2, 0) is 4.79 Å². The lowest BCUT2D eigenvalue weighted by Gasteiger charge is -2.22. The van der Waals surface area contributed by atoms with Crippen LogP contribution in [0.15, 0.2) is 110 Å². The molecule has 3 aromatic carbocycles. The summed E-state index contributed by atoms with van der Waals surface area (Å²) in [7, 11) is 0. The van der Waals surface area contributed by atoms with Gasteiger partial charge in [0.2, 0.25) is 5.91 Å². The van der Waals surface area contributed by atoms with E-state index in [-0.39, 0.29) is 11.8 Å². The number of nitrogens with one attached hydrogen (secondary N) is 2. The van der Waals surface area contributed by atoms with Gasteiger partial charge in [0.05, 0.1) is 11.6 Å². The minimum atomic E-state index is -0.509. The van der Waals surface area contributed by atoms with Crippen LogP contribution in [0.2, 0.25) is 0 Å². The van der Waals surface area contributed by atoms with E-state index in [1.54, 1.807) is 0 Å². The van der Waals surface area contributed by atoms with Crippen LogP contribution in [0.4, 0.5) is 5.69 Å². The van der Waals surface area contributed by atoms with Gasteiger partial charge in [0.25, 0.3) is 0 Å². The highest BCUT2D eigenvalue weighted by molar-refractivity contribution is 5.95. The standard InChI is InChI=1S/C31H31N3O/c1-22(2)10-11-23(3)26-16-18-29(19-17-26)34-31(35)30(28-8-6-5-7-9-28)33-21-24(4)27-14-12-25(20-32)13-15-27/h5-19,24,30,33H,1,3,21H2,2,4H3,(H,34,35)/b11-10-. The highest BCUT2D eigenvalue weighted by Gasteiger charge is 2.21. The van der Waals surface area contributed by atoms with Gasteiger partial charge in [-0.1, -0.05) is 92.4 Å². The molecule has 0 bridgehead atoms. The summed E-state index contributed by atoms with van der Waals surface area (Å²) in [5.41, 5.74) is 6.19. The van der Waals surface area contributed by atoms with Crippen LogP contribution in [-0.4, -0.2) is 12.5 Å². The van der Waals surface area contributed by atoms with Gasteiger partial charge in [0.15, 0.2) is 0 Å². The number of rotatable bonds is 10. The third-order valence-electron chi connectivity index (χ3n) is 5.72. The summed E-state index contributed by atoms with van der Waals surface area (Å²) in [6.07, 6.45) is 3.85. The first-order valence-corrected chi connectivity index (χ1v) is 11.6. The zero-order valence-electron chi connectivity index (χ0n) is 20.3. The summed E-state index contributed by atoms with van der Waals surface area (Å²) in [5, 5.41) is 15.5. The van der Waals surface area contributed by atoms with Crippen molar-refractivity contribution in [2.45, 2.75) is 25.8 Å². The maximum atomic E-state index is 13.3. The SMILES string of the molecule is C=C(C)/C=C\C(=C)c1ccc(NC(=O)C(NCC(C)c2ccc(C#N)cc2)c2ccccc2)cc1. The average molecular weight is 462 g/mol. The molecule has 0 heterocycles. The zero-order chi connectivity index (χ0) is 25.2. The number of amides is 1. The molecule has 0 spiro atoms. The van der Waals surface area contributed by atoms with Crippen molar-refractivity contribution in [1.29, 1.82) is 5.26 Å². The van der Waals surface area contributed by atoms with E-state index in [0.29, 0.717) is 12.1 Å². The molecule has 4 heteroatoms. The molecule has 3 rings (SSSR count). The van der Waals surface area contributed by atoms with Crippen LogP contribution in [0.25, 0.3) is 5.57 Å². The van der Waals surface area contributed by atoms with Crippen LogP contribution in [0.1, 0.15) is 48.1 Å². The average Bonchev–Trinajstić information content (AvgIpc) is 2.88. The van der Waals surface area contributed by atoms with Crippen LogP contribution in [0, 0.1) is 11.3 Å². The fraction of sp³-hybridized carbons (Fsp3) is 0.161. The van der Waals surface area contributed by atoms with Gasteiger partial charge in [-0.2, -0.15) is 5.26 Å². The van der Waals surface area contributed by atoms with Gasteiger partial charge >= 0.3 is 0 Å². The molecule has 0 aliphatic heterocycles. The van der Waals surface area contributed by atoms with Crippen LogP contribution in [0.3, 0.4) is 0 Å². The maximum absolute atomic E-state index is 13.3. The first-order valence-electron chi connectivity index (χ1n) is 11.6. The molecule has 35 heavy (non-hydrogen) atoms. The third kappa shape index (κ3) is 7.40. The molecule has 0 aliphatic carbocycles. The fourth-order valence-electron chi connectivity index (χ4n) is 3.63. The predicted octanol–water partition coefficient (Wildman–Crippen LogP) is 6.78. The molecule has 0 aromatic heterocycles. The number of hydrogen-bond donors (Lipinski definition) is 2. The van der Waals surface area contributed by atoms with E-state index < -0.39 is 6.04 Å². The molecule has 176 valence electrons.